The molecule has 0 saturated heterocycles. The fraction of sp³-hybridized carbons (Fsp3) is 0.857. The van der Waals surface area contributed by atoms with Crippen LogP contribution in [0.3, 0.4) is 0 Å². The Hall–Kier alpha value is -0.585. The molecule has 5 N–H and O–H groups in total. The first-order valence-corrected chi connectivity index (χ1v) is 4.36. The molecule has 0 heterocycles. The summed E-state index contributed by atoms with van der Waals surface area (Å²) < 4.78 is 0. The van der Waals surface area contributed by atoms with Crippen LogP contribution in [-0.4, -0.2) is 34.3 Å². The highest BCUT2D eigenvalue weighted by Gasteiger charge is 2.09. The molecule has 0 aliphatic rings. The molecule has 0 radical (unpaired) electrons. The zero-order valence-corrected chi connectivity index (χ0v) is 7.52. The van der Waals surface area contributed by atoms with E-state index in [9.17, 15) is 4.79 Å². The van der Waals surface area contributed by atoms with Gasteiger partial charge in [-0.1, -0.05) is 12.8 Å². The van der Waals surface area contributed by atoms with Gasteiger partial charge in [0.05, 0.1) is 6.42 Å². The largest absolute Gasteiger partial charge is 0.481 e. The normalized spacial score (nSPS) is 12.5. The number of unbranched alkanes of at least 4 members (excludes halogenated alkanes) is 1. The fourth-order valence-electron chi connectivity index (χ4n) is 1.06. The molecule has 0 spiro atoms. The minimum atomic E-state index is -1.27. The van der Waals surface area contributed by atoms with Crippen LogP contribution in [0.4, 0.5) is 0 Å². The van der Waals surface area contributed by atoms with Crippen LogP contribution in [0.15, 0.2) is 0 Å². The van der Waals surface area contributed by atoms with Crippen LogP contribution >= 0.6 is 0 Å². The van der Waals surface area contributed by atoms with Crippen LogP contribution in [0, 0.1) is 0 Å². The molecule has 5 nitrogen and oxygen atoms in total. The van der Waals surface area contributed by atoms with E-state index in [-0.39, 0.29) is 12.5 Å². The predicted octanol–water partition coefficient (Wildman–Crippen LogP) is -0.569. The molecule has 0 fully saturated rings. The molecule has 0 saturated carbocycles. The van der Waals surface area contributed by atoms with Crippen molar-refractivity contribution in [3.05, 3.63) is 0 Å². The molecule has 0 aromatic rings. The van der Waals surface area contributed by atoms with Crippen LogP contribution in [0.25, 0.3) is 0 Å². The summed E-state index contributed by atoms with van der Waals surface area (Å²) in [6, 6.07) is -0.326. The van der Waals surface area contributed by atoms with Crippen molar-refractivity contribution in [1.82, 2.24) is 0 Å². The Morgan fingerprint density at radius 2 is 2.00 bits per heavy atom. The van der Waals surface area contributed by atoms with Gasteiger partial charge in [-0.2, -0.15) is 0 Å². The zero-order chi connectivity index (χ0) is 10.3. The fourth-order valence-corrected chi connectivity index (χ4v) is 1.06. The molecular weight excluding hydrogens is 173 g/mol. The summed E-state index contributed by atoms with van der Waals surface area (Å²) in [6.45, 7) is 0. The summed E-state index contributed by atoms with van der Waals surface area (Å²) in [7, 11) is -1.27. The summed E-state index contributed by atoms with van der Waals surface area (Å²) in [5, 5.41) is 25.4. The van der Waals surface area contributed by atoms with Crippen LogP contribution in [-0.2, 0) is 4.79 Å². The van der Waals surface area contributed by atoms with Gasteiger partial charge < -0.3 is 20.9 Å². The Labute approximate surface area is 77.7 Å². The second-order valence-electron chi connectivity index (χ2n) is 3.12. The molecule has 0 aliphatic heterocycles. The van der Waals surface area contributed by atoms with E-state index in [1.165, 1.54) is 0 Å². The topological polar surface area (TPSA) is 104 Å². The Bertz CT molecular complexity index is 153. The lowest BCUT2D eigenvalue weighted by Gasteiger charge is -2.07. The number of aliphatic carboxylic acids is 1. The van der Waals surface area contributed by atoms with E-state index in [4.69, 9.17) is 20.9 Å². The molecule has 0 aromatic heterocycles. The van der Waals surface area contributed by atoms with E-state index >= 15 is 0 Å². The van der Waals surface area contributed by atoms with Crippen molar-refractivity contribution in [2.45, 2.75) is 38.0 Å². The average molecular weight is 189 g/mol. The highest BCUT2D eigenvalue weighted by molar-refractivity contribution is 6.40. The number of carboxylic acids is 1. The molecule has 0 unspecified atom stereocenters. The minimum Gasteiger partial charge on any atom is -0.481 e. The van der Waals surface area contributed by atoms with Crippen molar-refractivity contribution in [1.29, 1.82) is 0 Å². The molecular formula is C7H16BNO4. The third-order valence-corrected chi connectivity index (χ3v) is 1.72. The molecule has 1 atom stereocenters. The van der Waals surface area contributed by atoms with Gasteiger partial charge in [0.15, 0.2) is 0 Å². The highest BCUT2D eigenvalue weighted by Crippen LogP contribution is 2.05. The van der Waals surface area contributed by atoms with Gasteiger partial charge in [0.25, 0.3) is 0 Å². The van der Waals surface area contributed by atoms with E-state index in [1.54, 1.807) is 0 Å². The van der Waals surface area contributed by atoms with Gasteiger partial charge in [-0.3, -0.25) is 4.79 Å². The molecule has 6 heteroatoms. The highest BCUT2D eigenvalue weighted by atomic mass is 16.4. The summed E-state index contributed by atoms with van der Waals surface area (Å²) in [4.78, 5) is 10.2. The zero-order valence-electron chi connectivity index (χ0n) is 7.52. The Kier molecular flexibility index (Phi) is 6.57. The van der Waals surface area contributed by atoms with Gasteiger partial charge in [-0.05, 0) is 12.7 Å². The van der Waals surface area contributed by atoms with Crippen molar-refractivity contribution in [2.75, 3.05) is 0 Å². The van der Waals surface area contributed by atoms with Crippen LogP contribution in [0.1, 0.15) is 25.7 Å². The van der Waals surface area contributed by atoms with E-state index < -0.39 is 13.1 Å². The molecule has 0 amide bonds. The second-order valence-corrected chi connectivity index (χ2v) is 3.12. The first-order valence-electron chi connectivity index (χ1n) is 4.36. The summed E-state index contributed by atoms with van der Waals surface area (Å²) in [5.74, 6) is -0.894. The molecule has 13 heavy (non-hydrogen) atoms. The van der Waals surface area contributed by atoms with Crippen molar-refractivity contribution in [3.63, 3.8) is 0 Å². The Morgan fingerprint density at radius 1 is 1.38 bits per heavy atom. The average Bonchev–Trinajstić information content (AvgIpc) is 1.96. The third kappa shape index (κ3) is 9.33. The number of hydrogen-bond donors (Lipinski definition) is 4. The van der Waals surface area contributed by atoms with Crippen LogP contribution in [0.5, 0.6) is 0 Å². The lowest BCUT2D eigenvalue weighted by atomic mass is 9.83. The van der Waals surface area contributed by atoms with Crippen LogP contribution < -0.4 is 5.73 Å². The van der Waals surface area contributed by atoms with Gasteiger partial charge in [-0.15, -0.1) is 0 Å². The van der Waals surface area contributed by atoms with Gasteiger partial charge in [0, 0.05) is 6.04 Å². The predicted molar refractivity (Wildman–Crippen MR) is 49.1 cm³/mol. The molecule has 0 aromatic carbocycles. The summed E-state index contributed by atoms with van der Waals surface area (Å²) in [6.07, 6.45) is 2.29. The number of rotatable bonds is 7. The van der Waals surface area contributed by atoms with E-state index in [1.807, 2.05) is 0 Å². The Morgan fingerprint density at radius 3 is 2.46 bits per heavy atom. The number of nitrogens with two attached hydrogens (primary N) is 1. The third-order valence-electron chi connectivity index (χ3n) is 1.72. The summed E-state index contributed by atoms with van der Waals surface area (Å²) >= 11 is 0. The van der Waals surface area contributed by atoms with Crippen molar-refractivity contribution < 1.29 is 19.9 Å². The van der Waals surface area contributed by atoms with Crippen molar-refractivity contribution in [3.8, 4) is 0 Å². The standard InChI is InChI=1S/C7H16BNO4/c9-6(5-7(10)11)3-1-2-4-8(12)13/h6,12-13H,1-5,9H2,(H,10,11)/t6-/m0/s1. The number of hydrogen-bond acceptors (Lipinski definition) is 4. The molecule has 0 bridgehead atoms. The van der Waals surface area contributed by atoms with Gasteiger partial charge in [0.2, 0.25) is 0 Å². The Balaban J connectivity index is 3.26. The lowest BCUT2D eigenvalue weighted by Crippen LogP contribution is -2.23. The van der Waals surface area contributed by atoms with Crippen LogP contribution in [0.2, 0.25) is 6.32 Å². The maximum Gasteiger partial charge on any atom is 0.451 e. The number of carboxylic acid groups (broad SMARTS) is 1. The van der Waals surface area contributed by atoms with E-state index in [2.05, 4.69) is 0 Å². The first kappa shape index (κ1) is 12.4. The van der Waals surface area contributed by atoms with Gasteiger partial charge in [-0.25, -0.2) is 0 Å². The molecule has 0 rings (SSSR count). The monoisotopic (exact) mass is 189 g/mol. The maximum absolute atomic E-state index is 10.2. The van der Waals surface area contributed by atoms with E-state index in [0.717, 1.165) is 6.42 Å². The summed E-state index contributed by atoms with van der Waals surface area (Å²) in [5.41, 5.74) is 5.49. The quantitative estimate of drug-likeness (QED) is 0.317. The van der Waals surface area contributed by atoms with Crippen molar-refractivity contribution >= 4 is 13.1 Å². The SMILES string of the molecule is N[C@@H](CCCCB(O)O)CC(=O)O. The van der Waals surface area contributed by atoms with E-state index in [0.29, 0.717) is 19.2 Å². The van der Waals surface area contributed by atoms with Gasteiger partial charge in [0.1, 0.15) is 0 Å². The molecule has 0 aliphatic carbocycles. The van der Waals surface area contributed by atoms with Crippen molar-refractivity contribution in [2.24, 2.45) is 5.73 Å². The van der Waals surface area contributed by atoms with Gasteiger partial charge >= 0.3 is 13.1 Å². The second kappa shape index (κ2) is 6.88. The number of carbonyl (C=O) groups is 1. The smallest absolute Gasteiger partial charge is 0.451 e. The minimum absolute atomic E-state index is 0.0261. The lowest BCUT2D eigenvalue weighted by molar-refractivity contribution is -0.137. The first-order chi connectivity index (χ1) is 6.02. The molecule has 76 valence electrons. The maximum atomic E-state index is 10.2.